The molecule has 0 N–H and O–H groups in total. The number of para-hydroxylation sites is 1. The van der Waals surface area contributed by atoms with Gasteiger partial charge in [0.05, 0.1) is 5.57 Å². The number of carbonyl (C=O) groups is 1. The van der Waals surface area contributed by atoms with E-state index in [0.29, 0.717) is 24.7 Å². The van der Waals surface area contributed by atoms with Crippen molar-refractivity contribution in [3.05, 3.63) is 71.8 Å². The smallest absolute Gasteiger partial charge is 0.308 e. The molecule has 2 nitrogen and oxygen atoms in total. The Hall–Kier alpha value is -2.56. The molecule has 1 heterocycles. The fourth-order valence-electron chi connectivity index (χ4n) is 2.72. The van der Waals surface area contributed by atoms with E-state index >= 15 is 0 Å². The Morgan fingerprint density at radius 1 is 1.00 bits per heavy atom. The highest BCUT2D eigenvalue weighted by Gasteiger charge is 2.36. The van der Waals surface area contributed by atoms with Crippen LogP contribution < -0.4 is 4.90 Å². The maximum atomic E-state index is 13.3. The van der Waals surface area contributed by atoms with E-state index in [2.05, 4.69) is 0 Å². The number of rotatable bonds is 2. The van der Waals surface area contributed by atoms with Crippen LogP contribution in [0.15, 0.2) is 60.7 Å². The topological polar surface area (TPSA) is 20.3 Å². The zero-order valence-corrected chi connectivity index (χ0v) is 12.2. The lowest BCUT2D eigenvalue weighted by Crippen LogP contribution is -2.28. The van der Waals surface area contributed by atoms with Crippen LogP contribution in [-0.2, 0) is 11.2 Å². The zero-order valence-electron chi connectivity index (χ0n) is 12.2. The number of benzene rings is 2. The number of nitrogens with zero attached hydrogens (tertiary/aromatic N) is 1. The van der Waals surface area contributed by atoms with Crippen LogP contribution in [0.5, 0.6) is 0 Å². The van der Waals surface area contributed by atoms with Gasteiger partial charge in [-0.05, 0) is 23.6 Å². The number of allylic oxidation sites excluding steroid dienone is 1. The second-order valence-electron chi connectivity index (χ2n) is 5.29. The van der Waals surface area contributed by atoms with Crippen LogP contribution in [0, 0.1) is 0 Å². The number of anilines is 1. The molecule has 0 bridgehead atoms. The summed E-state index contributed by atoms with van der Waals surface area (Å²) in [5.41, 5.74) is 0.721. The Kier molecular flexibility index (Phi) is 3.94. The summed E-state index contributed by atoms with van der Waals surface area (Å²) in [7, 11) is 0. The lowest BCUT2D eigenvalue weighted by Gasteiger charge is -2.17. The minimum Gasteiger partial charge on any atom is -0.308 e. The van der Waals surface area contributed by atoms with E-state index in [-0.39, 0.29) is 5.56 Å². The summed E-state index contributed by atoms with van der Waals surface area (Å²) in [6.45, 7) is 0.397. The highest BCUT2D eigenvalue weighted by atomic mass is 19.4. The Morgan fingerprint density at radius 3 is 2.35 bits per heavy atom. The van der Waals surface area contributed by atoms with Crippen LogP contribution in [0.1, 0.15) is 11.1 Å². The maximum absolute atomic E-state index is 13.3. The van der Waals surface area contributed by atoms with Crippen molar-refractivity contribution in [1.29, 1.82) is 0 Å². The summed E-state index contributed by atoms with van der Waals surface area (Å²) in [5.74, 6) is -0.647. The molecule has 1 aliphatic heterocycles. The van der Waals surface area contributed by atoms with Crippen LogP contribution in [0.25, 0.3) is 5.57 Å². The Morgan fingerprint density at radius 2 is 1.65 bits per heavy atom. The fourth-order valence-corrected chi connectivity index (χ4v) is 2.72. The van der Waals surface area contributed by atoms with Crippen LogP contribution in [0.3, 0.4) is 0 Å². The third-order valence-electron chi connectivity index (χ3n) is 3.81. The molecule has 2 aromatic carbocycles. The van der Waals surface area contributed by atoms with Crippen molar-refractivity contribution < 1.29 is 18.0 Å². The number of alkyl halides is 3. The molecule has 2 aromatic rings. The van der Waals surface area contributed by atoms with Gasteiger partial charge in [0.2, 0.25) is 0 Å². The first-order chi connectivity index (χ1) is 11.0. The maximum Gasteiger partial charge on any atom is 0.417 e. The molecule has 0 fully saturated rings. The van der Waals surface area contributed by atoms with E-state index in [1.807, 2.05) is 12.1 Å². The highest BCUT2D eigenvalue weighted by molar-refractivity contribution is 6.07. The van der Waals surface area contributed by atoms with Crippen LogP contribution in [0.4, 0.5) is 18.9 Å². The summed E-state index contributed by atoms with van der Waals surface area (Å²) < 4.78 is 39.9. The first kappa shape index (κ1) is 15.3. The highest BCUT2D eigenvalue weighted by Crippen LogP contribution is 2.35. The predicted molar refractivity (Wildman–Crippen MR) is 83.0 cm³/mol. The molecule has 0 spiro atoms. The molecule has 23 heavy (non-hydrogen) atoms. The van der Waals surface area contributed by atoms with Gasteiger partial charge >= 0.3 is 6.18 Å². The Bertz CT molecular complexity index is 750. The number of hydrogen-bond donors (Lipinski definition) is 0. The lowest BCUT2D eigenvalue weighted by atomic mass is 10.0. The van der Waals surface area contributed by atoms with Crippen molar-refractivity contribution in [3.63, 3.8) is 0 Å². The molecule has 0 radical (unpaired) electrons. The van der Waals surface area contributed by atoms with Crippen molar-refractivity contribution in [2.75, 3.05) is 11.4 Å². The zero-order chi connectivity index (χ0) is 16.4. The number of halogens is 3. The van der Waals surface area contributed by atoms with Gasteiger partial charge in [0, 0.05) is 18.3 Å². The van der Waals surface area contributed by atoms with Crippen molar-refractivity contribution in [1.82, 2.24) is 0 Å². The van der Waals surface area contributed by atoms with E-state index in [1.54, 1.807) is 18.2 Å². The Balaban J connectivity index is 1.96. The first-order valence-electron chi connectivity index (χ1n) is 7.20. The summed E-state index contributed by atoms with van der Waals surface area (Å²) in [5, 5.41) is 0. The molecule has 0 aliphatic carbocycles. The first-order valence-corrected chi connectivity index (χ1v) is 7.20. The van der Waals surface area contributed by atoms with Gasteiger partial charge in [-0.15, -0.1) is 0 Å². The van der Waals surface area contributed by atoms with Gasteiger partial charge in [-0.25, -0.2) is 0 Å². The monoisotopic (exact) mass is 317 g/mol. The normalized spacial score (nSPS) is 14.7. The standard InChI is InChI=1S/C18H14F3NO/c19-18(20,21)15(13-6-2-1-3-7-13)12-17(23)22-11-10-14-8-4-5-9-16(14)22/h1-9,12H,10-11H2/b15-12+. The number of hydrogen-bond acceptors (Lipinski definition) is 1. The van der Waals surface area contributed by atoms with Gasteiger partial charge in [-0.1, -0.05) is 48.5 Å². The van der Waals surface area contributed by atoms with E-state index in [4.69, 9.17) is 0 Å². The van der Waals surface area contributed by atoms with Gasteiger partial charge in [0.25, 0.3) is 5.91 Å². The predicted octanol–water partition coefficient (Wildman–Crippen LogP) is 4.22. The van der Waals surface area contributed by atoms with Crippen molar-refractivity contribution in [3.8, 4) is 0 Å². The molecule has 0 saturated carbocycles. The van der Waals surface area contributed by atoms with E-state index in [1.165, 1.54) is 29.2 Å². The number of amides is 1. The third kappa shape index (κ3) is 3.13. The van der Waals surface area contributed by atoms with Crippen molar-refractivity contribution >= 4 is 17.2 Å². The van der Waals surface area contributed by atoms with E-state index < -0.39 is 17.7 Å². The third-order valence-corrected chi connectivity index (χ3v) is 3.81. The summed E-state index contributed by atoms with van der Waals surface area (Å²) >= 11 is 0. The second-order valence-corrected chi connectivity index (χ2v) is 5.29. The molecule has 5 heteroatoms. The van der Waals surface area contributed by atoms with Gasteiger partial charge in [-0.2, -0.15) is 13.2 Å². The molecular formula is C18H14F3NO. The minimum atomic E-state index is -4.59. The van der Waals surface area contributed by atoms with E-state index in [0.717, 1.165) is 5.56 Å². The summed E-state index contributed by atoms with van der Waals surface area (Å²) in [6.07, 6.45) is -3.24. The number of fused-ring (bicyclic) bond motifs is 1. The summed E-state index contributed by atoms with van der Waals surface area (Å²) in [4.78, 5) is 13.8. The van der Waals surface area contributed by atoms with Gasteiger partial charge in [0.15, 0.2) is 0 Å². The molecule has 3 rings (SSSR count). The molecule has 0 unspecified atom stereocenters. The van der Waals surface area contributed by atoms with Gasteiger partial charge < -0.3 is 4.90 Å². The van der Waals surface area contributed by atoms with Crippen molar-refractivity contribution in [2.24, 2.45) is 0 Å². The molecule has 1 aliphatic rings. The average Bonchev–Trinajstić information content (AvgIpc) is 2.96. The Labute approximate surface area is 131 Å². The lowest BCUT2D eigenvalue weighted by molar-refractivity contribution is -0.114. The molecule has 1 amide bonds. The van der Waals surface area contributed by atoms with Crippen LogP contribution in [0.2, 0.25) is 0 Å². The molecule has 0 saturated heterocycles. The molecule has 0 atom stereocenters. The molecular weight excluding hydrogens is 303 g/mol. The molecule has 118 valence electrons. The average molecular weight is 317 g/mol. The van der Waals surface area contributed by atoms with Crippen LogP contribution >= 0.6 is 0 Å². The number of carbonyl (C=O) groups excluding carboxylic acids is 1. The fraction of sp³-hybridized carbons (Fsp3) is 0.167. The van der Waals surface area contributed by atoms with Crippen LogP contribution in [-0.4, -0.2) is 18.6 Å². The van der Waals surface area contributed by atoms with Gasteiger partial charge in [0.1, 0.15) is 0 Å². The second kappa shape index (κ2) is 5.91. The quantitative estimate of drug-likeness (QED) is 0.759. The SMILES string of the molecule is O=C(/C=C(\c1ccccc1)C(F)(F)F)N1CCc2ccccc21. The van der Waals surface area contributed by atoms with Crippen molar-refractivity contribution in [2.45, 2.75) is 12.6 Å². The summed E-state index contributed by atoms with van der Waals surface area (Å²) in [6, 6.07) is 14.6. The van der Waals surface area contributed by atoms with Gasteiger partial charge in [-0.3, -0.25) is 4.79 Å². The van der Waals surface area contributed by atoms with E-state index in [9.17, 15) is 18.0 Å². The largest absolute Gasteiger partial charge is 0.417 e. The molecule has 0 aromatic heterocycles. The minimum absolute atomic E-state index is 0.0131.